The Balaban J connectivity index is 5.27. The van der Waals surface area contributed by atoms with Gasteiger partial charge >= 0.3 is 0 Å². The van der Waals surface area contributed by atoms with Crippen LogP contribution in [0.2, 0.25) is 0 Å². The SMILES string of the molecule is C=C(S/C(=C\CCC)C(C)=O)C(C)[C@H](C)CCC(=O)C(/C=C(\C)CCC(C)CC(N)CN)=N/C=C/CCC. The Morgan fingerprint density at radius 3 is 2.26 bits per heavy atom. The van der Waals surface area contributed by atoms with E-state index in [0.29, 0.717) is 24.6 Å². The molecular formula is C32H55N3O2S. The average molecular weight is 546 g/mol. The zero-order chi connectivity index (χ0) is 29.1. The Labute approximate surface area is 237 Å². The van der Waals surface area contributed by atoms with Gasteiger partial charge in [-0.3, -0.25) is 14.6 Å². The predicted molar refractivity (Wildman–Crippen MR) is 168 cm³/mol. The van der Waals surface area contributed by atoms with Crippen LogP contribution in [0.5, 0.6) is 0 Å². The van der Waals surface area contributed by atoms with Crippen molar-refractivity contribution in [2.24, 2.45) is 34.2 Å². The number of thioether (sulfide) groups is 1. The van der Waals surface area contributed by atoms with Crippen molar-refractivity contribution < 1.29 is 9.59 Å². The van der Waals surface area contributed by atoms with Gasteiger partial charge in [0.05, 0.1) is 4.91 Å². The monoisotopic (exact) mass is 545 g/mol. The molecule has 0 radical (unpaired) electrons. The minimum atomic E-state index is 0.0389. The summed E-state index contributed by atoms with van der Waals surface area (Å²) in [4.78, 5) is 31.5. The number of hydrogen-bond acceptors (Lipinski definition) is 6. The molecule has 0 rings (SSSR count). The summed E-state index contributed by atoms with van der Waals surface area (Å²) in [6, 6.07) is 0.0389. The van der Waals surface area contributed by atoms with E-state index in [-0.39, 0.29) is 29.4 Å². The minimum absolute atomic E-state index is 0.0389. The highest BCUT2D eigenvalue weighted by Gasteiger charge is 2.20. The third-order valence-electron chi connectivity index (χ3n) is 6.88. The van der Waals surface area contributed by atoms with E-state index in [9.17, 15) is 9.59 Å². The highest BCUT2D eigenvalue weighted by molar-refractivity contribution is 8.07. The Hall–Kier alpha value is -1.76. The summed E-state index contributed by atoms with van der Waals surface area (Å²) in [5.74, 6) is 1.06. The van der Waals surface area contributed by atoms with Gasteiger partial charge in [-0.15, -0.1) is 0 Å². The maximum Gasteiger partial charge on any atom is 0.181 e. The van der Waals surface area contributed by atoms with Crippen LogP contribution in [0.15, 0.2) is 51.4 Å². The first-order valence-corrected chi connectivity index (χ1v) is 15.2. The van der Waals surface area contributed by atoms with Crippen LogP contribution in [0.1, 0.15) is 106 Å². The molecule has 216 valence electrons. The second-order valence-corrected chi connectivity index (χ2v) is 11.9. The van der Waals surface area contributed by atoms with Crippen LogP contribution in [-0.4, -0.2) is 29.9 Å². The smallest absolute Gasteiger partial charge is 0.181 e. The number of allylic oxidation sites excluding steroid dienone is 6. The zero-order valence-corrected chi connectivity index (χ0v) is 26.0. The molecule has 3 unspecified atom stereocenters. The van der Waals surface area contributed by atoms with Crippen molar-refractivity contribution in [1.82, 2.24) is 0 Å². The Morgan fingerprint density at radius 1 is 1.03 bits per heavy atom. The van der Waals surface area contributed by atoms with Gasteiger partial charge in [0.15, 0.2) is 11.6 Å². The van der Waals surface area contributed by atoms with Crippen molar-refractivity contribution in [3.05, 3.63) is 46.4 Å². The third-order valence-corrected chi connectivity index (χ3v) is 8.19. The Morgan fingerprint density at radius 2 is 1.68 bits per heavy atom. The maximum absolute atomic E-state index is 13.2. The Bertz CT molecular complexity index is 857. The largest absolute Gasteiger partial charge is 0.329 e. The zero-order valence-electron chi connectivity index (χ0n) is 25.2. The molecule has 0 aromatic rings. The number of rotatable bonds is 21. The second-order valence-electron chi connectivity index (χ2n) is 10.8. The van der Waals surface area contributed by atoms with E-state index in [1.165, 1.54) is 11.8 Å². The van der Waals surface area contributed by atoms with Gasteiger partial charge < -0.3 is 11.5 Å². The van der Waals surface area contributed by atoms with Gasteiger partial charge in [0.25, 0.3) is 0 Å². The van der Waals surface area contributed by atoms with Crippen molar-refractivity contribution in [1.29, 1.82) is 0 Å². The molecule has 0 amide bonds. The van der Waals surface area contributed by atoms with Crippen LogP contribution in [0, 0.1) is 17.8 Å². The average Bonchev–Trinajstić information content (AvgIpc) is 2.88. The van der Waals surface area contributed by atoms with Crippen molar-refractivity contribution in [3.8, 4) is 0 Å². The molecule has 0 aliphatic carbocycles. The van der Waals surface area contributed by atoms with Gasteiger partial charge in [-0.25, -0.2) is 0 Å². The van der Waals surface area contributed by atoms with Crippen molar-refractivity contribution in [2.45, 2.75) is 112 Å². The minimum Gasteiger partial charge on any atom is -0.329 e. The lowest BCUT2D eigenvalue weighted by Gasteiger charge is -2.22. The molecule has 0 aliphatic rings. The second kappa shape index (κ2) is 21.1. The molecular weight excluding hydrogens is 490 g/mol. The molecule has 0 bridgehead atoms. The molecule has 6 heteroatoms. The Kier molecular flexibility index (Phi) is 20.1. The van der Waals surface area contributed by atoms with E-state index in [4.69, 9.17) is 11.5 Å². The number of ketones is 2. The molecule has 4 N–H and O–H groups in total. The lowest BCUT2D eigenvalue weighted by molar-refractivity contribution is -0.113. The molecule has 0 heterocycles. The number of Topliss-reactive ketones (excluding diaryl/α,β-unsaturated/α-hetero) is 2. The van der Waals surface area contributed by atoms with Crippen molar-refractivity contribution >= 4 is 29.0 Å². The summed E-state index contributed by atoms with van der Waals surface area (Å²) >= 11 is 1.48. The van der Waals surface area contributed by atoms with Crippen LogP contribution in [0.3, 0.4) is 0 Å². The van der Waals surface area contributed by atoms with Crippen LogP contribution >= 0.6 is 11.8 Å². The lowest BCUT2D eigenvalue weighted by atomic mass is 9.90. The number of carbonyl (C=O) groups excluding carboxylic acids is 2. The number of hydrogen-bond donors (Lipinski definition) is 2. The first kappa shape index (κ1) is 36.2. The van der Waals surface area contributed by atoms with E-state index >= 15 is 0 Å². The van der Waals surface area contributed by atoms with Crippen LogP contribution in [0.25, 0.3) is 0 Å². The van der Waals surface area contributed by atoms with Gasteiger partial charge in [-0.05, 0) is 81.1 Å². The predicted octanol–water partition coefficient (Wildman–Crippen LogP) is 7.92. The summed E-state index contributed by atoms with van der Waals surface area (Å²) < 4.78 is 0. The number of aliphatic imine (C=N–C) groups is 1. The normalized spacial score (nSPS) is 16.4. The number of unbranched alkanes of at least 4 members (excludes halogenated alkanes) is 2. The molecule has 0 aromatic heterocycles. The first-order valence-electron chi connectivity index (χ1n) is 14.4. The molecule has 0 saturated heterocycles. The lowest BCUT2D eigenvalue weighted by Crippen LogP contribution is -2.31. The summed E-state index contributed by atoms with van der Waals surface area (Å²) in [6.45, 7) is 19.1. The molecule has 0 spiro atoms. The maximum atomic E-state index is 13.2. The van der Waals surface area contributed by atoms with Crippen LogP contribution in [0.4, 0.5) is 0 Å². The van der Waals surface area contributed by atoms with Crippen LogP contribution in [-0.2, 0) is 9.59 Å². The fraction of sp³-hybridized carbons (Fsp3) is 0.656. The van der Waals surface area contributed by atoms with E-state index in [1.54, 1.807) is 13.1 Å². The van der Waals surface area contributed by atoms with Gasteiger partial charge in [0.1, 0.15) is 5.71 Å². The highest BCUT2D eigenvalue weighted by atomic mass is 32.2. The highest BCUT2D eigenvalue weighted by Crippen LogP contribution is 2.35. The summed E-state index contributed by atoms with van der Waals surface area (Å²) in [5, 5.41) is 0. The quantitative estimate of drug-likeness (QED) is 0.113. The molecule has 0 fully saturated rings. The standard InChI is InChI=1S/C32H55N3O2S/c1-9-11-13-19-35-30(21-24(4)16-15-23(3)20-29(34)22-33)31(37)18-17-25(5)26(6)28(8)38-32(27(7)36)14-12-10-2/h13-14,19,21,23,25-26,29H,8-12,15-18,20,22,33-34H2,1-7H3/b19-13+,24-21+,32-14-,35-30+/t23?,25-,26?,29?/m1/s1. The number of carbonyl (C=O) groups is 2. The van der Waals surface area contributed by atoms with E-state index in [0.717, 1.165) is 66.7 Å². The number of nitrogens with zero attached hydrogens (tertiary/aromatic N) is 1. The topological polar surface area (TPSA) is 98.5 Å². The summed E-state index contributed by atoms with van der Waals surface area (Å²) in [5.41, 5.74) is 13.3. The molecule has 38 heavy (non-hydrogen) atoms. The third kappa shape index (κ3) is 16.3. The fourth-order valence-electron chi connectivity index (χ4n) is 3.90. The van der Waals surface area contributed by atoms with Crippen LogP contribution < -0.4 is 11.5 Å². The van der Waals surface area contributed by atoms with Gasteiger partial charge in [0, 0.05) is 25.2 Å². The van der Waals surface area contributed by atoms with Crippen molar-refractivity contribution in [2.75, 3.05) is 6.54 Å². The summed E-state index contributed by atoms with van der Waals surface area (Å²) in [6.07, 6.45) is 15.6. The van der Waals surface area contributed by atoms with Gasteiger partial charge in [-0.1, -0.05) is 83.5 Å². The van der Waals surface area contributed by atoms with Gasteiger partial charge in [-0.2, -0.15) is 0 Å². The summed E-state index contributed by atoms with van der Waals surface area (Å²) in [7, 11) is 0. The fourth-order valence-corrected chi connectivity index (χ4v) is 4.94. The van der Waals surface area contributed by atoms with Gasteiger partial charge in [0.2, 0.25) is 0 Å². The van der Waals surface area contributed by atoms with Crippen molar-refractivity contribution in [3.63, 3.8) is 0 Å². The molecule has 0 aromatic carbocycles. The molecule has 4 atom stereocenters. The molecule has 5 nitrogen and oxygen atoms in total. The molecule has 0 saturated carbocycles. The van der Waals surface area contributed by atoms with E-state index in [1.807, 2.05) is 18.2 Å². The number of nitrogens with two attached hydrogens (primary N) is 2. The van der Waals surface area contributed by atoms with E-state index in [2.05, 4.69) is 53.1 Å². The van der Waals surface area contributed by atoms with E-state index < -0.39 is 0 Å². The first-order chi connectivity index (χ1) is 18.0. The molecule has 0 aliphatic heterocycles.